The van der Waals surface area contributed by atoms with Gasteiger partial charge in [0.1, 0.15) is 5.82 Å². The molecule has 0 saturated carbocycles. The molecule has 1 atom stereocenters. The van der Waals surface area contributed by atoms with Crippen molar-refractivity contribution in [2.75, 3.05) is 20.2 Å². The van der Waals surface area contributed by atoms with Gasteiger partial charge in [-0.05, 0) is 52.1 Å². The molecule has 1 unspecified atom stereocenters. The third-order valence-corrected chi connectivity index (χ3v) is 6.79. The molecule has 1 aliphatic heterocycles. The zero-order valence-corrected chi connectivity index (χ0v) is 17.2. The molecule has 2 aromatic rings. The fourth-order valence-electron chi connectivity index (χ4n) is 4.87. The summed E-state index contributed by atoms with van der Waals surface area (Å²) in [6.45, 7) is 4.12. The highest BCUT2D eigenvalue weighted by Crippen LogP contribution is 2.45. The van der Waals surface area contributed by atoms with Gasteiger partial charge in [0.05, 0.1) is 12.8 Å². The van der Waals surface area contributed by atoms with E-state index in [1.54, 1.807) is 0 Å². The van der Waals surface area contributed by atoms with Crippen LogP contribution in [-0.2, 0) is 21.4 Å². The highest BCUT2D eigenvalue weighted by Gasteiger charge is 2.44. The van der Waals surface area contributed by atoms with Crippen LogP contribution in [-0.4, -0.2) is 47.1 Å². The van der Waals surface area contributed by atoms with Crippen molar-refractivity contribution in [2.45, 2.75) is 56.9 Å². The number of carbonyl (C=O) groups is 1. The molecule has 2 heterocycles. The van der Waals surface area contributed by atoms with Gasteiger partial charge in [-0.3, -0.25) is 9.59 Å². The van der Waals surface area contributed by atoms with Gasteiger partial charge in [-0.2, -0.15) is 0 Å². The normalized spacial score (nSPS) is 19.1. The number of hydrogen-bond acceptors (Lipinski definition) is 5. The first-order valence-electron chi connectivity index (χ1n) is 10.5. The summed E-state index contributed by atoms with van der Waals surface area (Å²) in [5.74, 6) is 0.524. The van der Waals surface area contributed by atoms with Gasteiger partial charge >= 0.3 is 5.97 Å². The molecule has 1 aliphatic carbocycles. The third kappa shape index (κ3) is 3.86. The highest BCUT2D eigenvalue weighted by atomic mass is 16.5. The van der Waals surface area contributed by atoms with Crippen molar-refractivity contribution in [1.29, 1.82) is 0 Å². The minimum atomic E-state index is -0.146. The van der Waals surface area contributed by atoms with Crippen LogP contribution < -0.4 is 5.56 Å². The monoisotopic (exact) mass is 395 g/mol. The van der Waals surface area contributed by atoms with Crippen LogP contribution in [0.5, 0.6) is 0 Å². The Balaban J connectivity index is 1.52. The van der Waals surface area contributed by atoms with E-state index in [0.717, 1.165) is 62.0 Å². The molecule has 1 fully saturated rings. The minimum Gasteiger partial charge on any atom is -0.469 e. The number of aromatic nitrogens is 2. The van der Waals surface area contributed by atoms with Gasteiger partial charge < -0.3 is 14.6 Å². The zero-order chi connectivity index (χ0) is 20.4. The lowest BCUT2D eigenvalue weighted by atomic mass is 9.75. The largest absolute Gasteiger partial charge is 0.469 e. The lowest BCUT2D eigenvalue weighted by Crippen LogP contribution is -2.46. The number of likely N-dealkylation sites (tertiary alicyclic amines) is 1. The maximum Gasteiger partial charge on any atom is 0.305 e. The number of benzene rings is 1. The molecule has 0 amide bonds. The van der Waals surface area contributed by atoms with E-state index in [1.165, 1.54) is 7.11 Å². The summed E-state index contributed by atoms with van der Waals surface area (Å²) in [6, 6.07) is 10.2. The quantitative estimate of drug-likeness (QED) is 0.788. The summed E-state index contributed by atoms with van der Waals surface area (Å²) in [5, 5.41) is 0. The molecule has 0 radical (unpaired) electrons. The Morgan fingerprint density at radius 1 is 1.24 bits per heavy atom. The number of piperidine rings is 1. The second kappa shape index (κ2) is 8.11. The predicted molar refractivity (Wildman–Crippen MR) is 112 cm³/mol. The third-order valence-electron chi connectivity index (χ3n) is 6.79. The number of nitrogens with zero attached hydrogens (tertiary/aromatic N) is 2. The zero-order valence-electron chi connectivity index (χ0n) is 17.2. The van der Waals surface area contributed by atoms with E-state index in [9.17, 15) is 9.59 Å². The first-order chi connectivity index (χ1) is 14.0. The van der Waals surface area contributed by atoms with Gasteiger partial charge in [-0.15, -0.1) is 0 Å². The van der Waals surface area contributed by atoms with Gasteiger partial charge in [0, 0.05) is 29.0 Å². The average molecular weight is 396 g/mol. The smallest absolute Gasteiger partial charge is 0.305 e. The second-order valence-electron chi connectivity index (χ2n) is 8.39. The Morgan fingerprint density at radius 2 is 1.97 bits per heavy atom. The average Bonchev–Trinajstić information content (AvgIpc) is 3.11. The van der Waals surface area contributed by atoms with Crippen LogP contribution in [0.1, 0.15) is 50.3 Å². The van der Waals surface area contributed by atoms with Crippen molar-refractivity contribution in [2.24, 2.45) is 0 Å². The minimum absolute atomic E-state index is 0.00565. The number of aromatic amines is 1. The van der Waals surface area contributed by atoms with Crippen LogP contribution in [0.2, 0.25) is 0 Å². The molecule has 4 rings (SSSR count). The number of hydrogen-bond donors (Lipinski definition) is 1. The molecule has 1 saturated heterocycles. The number of rotatable bonds is 5. The molecule has 154 valence electrons. The van der Waals surface area contributed by atoms with E-state index in [-0.39, 0.29) is 16.9 Å². The molecule has 0 bridgehead atoms. The Bertz CT molecular complexity index is 930. The van der Waals surface area contributed by atoms with E-state index < -0.39 is 0 Å². The summed E-state index contributed by atoms with van der Waals surface area (Å²) in [5.41, 5.74) is 2.85. The molecule has 1 aromatic heterocycles. The standard InChI is InChI=1S/C23H29N3O3/c1-16(8-9-19(27)29-2)26-14-12-23(13-15-26)11-10-18-20(23)24-21(25-22(18)28)17-6-4-3-5-7-17/h3-7,16H,8-15H2,1-2H3,(H,24,25,28). The van der Waals surface area contributed by atoms with E-state index in [4.69, 9.17) is 9.72 Å². The van der Waals surface area contributed by atoms with E-state index in [1.807, 2.05) is 30.3 Å². The summed E-state index contributed by atoms with van der Waals surface area (Å²) in [7, 11) is 1.44. The highest BCUT2D eigenvalue weighted by molar-refractivity contribution is 5.69. The summed E-state index contributed by atoms with van der Waals surface area (Å²) < 4.78 is 4.76. The Labute approximate surface area is 171 Å². The molecule has 6 heteroatoms. The maximum atomic E-state index is 12.7. The van der Waals surface area contributed by atoms with E-state index in [2.05, 4.69) is 16.8 Å². The van der Waals surface area contributed by atoms with E-state index in [0.29, 0.717) is 18.3 Å². The Morgan fingerprint density at radius 3 is 2.66 bits per heavy atom. The van der Waals surface area contributed by atoms with Crippen molar-refractivity contribution in [3.05, 3.63) is 51.9 Å². The first-order valence-corrected chi connectivity index (χ1v) is 10.5. The van der Waals surface area contributed by atoms with Crippen molar-refractivity contribution >= 4 is 5.97 Å². The number of ether oxygens (including phenoxy) is 1. The number of H-pyrrole nitrogens is 1. The summed E-state index contributed by atoms with van der Waals surface area (Å²) in [4.78, 5) is 34.6. The summed E-state index contributed by atoms with van der Waals surface area (Å²) in [6.07, 6.45) is 5.10. The van der Waals surface area contributed by atoms with Crippen molar-refractivity contribution in [3.8, 4) is 11.4 Å². The van der Waals surface area contributed by atoms with Gasteiger partial charge in [0.15, 0.2) is 0 Å². The number of esters is 1. The fourth-order valence-corrected chi connectivity index (χ4v) is 4.87. The number of nitrogens with one attached hydrogen (secondary N) is 1. The van der Waals surface area contributed by atoms with Crippen LogP contribution >= 0.6 is 0 Å². The van der Waals surface area contributed by atoms with Crippen LogP contribution in [0.15, 0.2) is 35.1 Å². The van der Waals surface area contributed by atoms with Gasteiger partial charge in [0.25, 0.3) is 5.56 Å². The molecule has 1 N–H and O–H groups in total. The lowest BCUT2D eigenvalue weighted by molar-refractivity contribution is -0.141. The van der Waals surface area contributed by atoms with Crippen LogP contribution in [0.25, 0.3) is 11.4 Å². The topological polar surface area (TPSA) is 75.3 Å². The first kappa shape index (κ1) is 19.8. The SMILES string of the molecule is COC(=O)CCC(C)N1CCC2(CCc3c2nc(-c2ccccc2)[nH]c3=O)CC1. The fraction of sp³-hybridized carbons (Fsp3) is 0.522. The maximum absolute atomic E-state index is 12.7. The van der Waals surface area contributed by atoms with Crippen molar-refractivity contribution in [3.63, 3.8) is 0 Å². The number of fused-ring (bicyclic) bond motifs is 2. The molecular weight excluding hydrogens is 366 g/mol. The van der Waals surface area contributed by atoms with Crippen LogP contribution in [0, 0.1) is 0 Å². The van der Waals surface area contributed by atoms with E-state index >= 15 is 0 Å². The Kier molecular flexibility index (Phi) is 5.54. The number of carbonyl (C=O) groups excluding carboxylic acids is 1. The predicted octanol–water partition coefficient (Wildman–Crippen LogP) is 3.06. The van der Waals surface area contributed by atoms with Crippen LogP contribution in [0.3, 0.4) is 0 Å². The molecule has 1 spiro atoms. The molecular formula is C23H29N3O3. The number of methoxy groups -OCH3 is 1. The molecule has 2 aliphatic rings. The molecule has 6 nitrogen and oxygen atoms in total. The van der Waals surface area contributed by atoms with Gasteiger partial charge in [-0.1, -0.05) is 30.3 Å². The van der Waals surface area contributed by atoms with Crippen LogP contribution in [0.4, 0.5) is 0 Å². The lowest BCUT2D eigenvalue weighted by Gasteiger charge is -2.42. The van der Waals surface area contributed by atoms with Gasteiger partial charge in [0.2, 0.25) is 0 Å². The molecule has 29 heavy (non-hydrogen) atoms. The Hall–Kier alpha value is -2.47. The van der Waals surface area contributed by atoms with Gasteiger partial charge in [-0.25, -0.2) is 4.98 Å². The second-order valence-corrected chi connectivity index (χ2v) is 8.39. The van der Waals surface area contributed by atoms with Crippen molar-refractivity contribution < 1.29 is 9.53 Å². The van der Waals surface area contributed by atoms with Crippen molar-refractivity contribution in [1.82, 2.24) is 14.9 Å². The molecule has 1 aromatic carbocycles. The summed E-state index contributed by atoms with van der Waals surface area (Å²) >= 11 is 0.